The molecular weight excluding hydrogens is 839 g/mol. The molecule has 5 nitrogen and oxygen atoms in total. The van der Waals surface area contributed by atoms with Crippen molar-refractivity contribution >= 4 is 21.8 Å². The van der Waals surface area contributed by atoms with Gasteiger partial charge in [0.2, 0.25) is 0 Å². The Labute approximate surface area is 402 Å². The fourth-order valence-electron chi connectivity index (χ4n) is 11.2. The van der Waals surface area contributed by atoms with Gasteiger partial charge in [-0.05, 0) is 114 Å². The minimum Gasteiger partial charge on any atom is -0.279 e. The van der Waals surface area contributed by atoms with Gasteiger partial charge in [0, 0.05) is 23.2 Å². The molecule has 2 aliphatic rings. The molecule has 1 aliphatic heterocycles. The monoisotopic (exact) mass is 885 g/mol. The van der Waals surface area contributed by atoms with Crippen LogP contribution < -0.4 is 16.0 Å². The average Bonchev–Trinajstić information content (AvgIpc) is 3.75. The highest BCUT2D eigenvalue weighted by atomic mass is 15.4. The van der Waals surface area contributed by atoms with Crippen LogP contribution in [0.25, 0.3) is 66.3 Å². The van der Waals surface area contributed by atoms with E-state index >= 15 is 0 Å². The zero-order valence-electron chi connectivity index (χ0n) is 37.8. The van der Waals surface area contributed by atoms with E-state index in [0.29, 0.717) is 0 Å². The van der Waals surface area contributed by atoms with Crippen LogP contribution in [0.2, 0.25) is 0 Å². The van der Waals surface area contributed by atoms with Gasteiger partial charge in [0.25, 0.3) is 0 Å². The summed E-state index contributed by atoms with van der Waals surface area (Å²) in [6.45, 7) is 0. The molecule has 13 rings (SSSR count). The van der Waals surface area contributed by atoms with Crippen LogP contribution in [-0.4, -0.2) is 9.97 Å². The topological polar surface area (TPSA) is 61.9 Å². The lowest BCUT2D eigenvalue weighted by Crippen LogP contribution is -2.54. The Morgan fingerprint density at radius 1 is 0.333 bits per heavy atom. The van der Waals surface area contributed by atoms with E-state index in [1.807, 2.05) is 18.5 Å². The summed E-state index contributed by atoms with van der Waals surface area (Å²) in [7, 11) is 0. The summed E-state index contributed by atoms with van der Waals surface area (Å²) in [5.74, 6) is 0. The first-order valence-corrected chi connectivity index (χ1v) is 23.8. The third-order valence-electron chi connectivity index (χ3n) is 14.4. The summed E-state index contributed by atoms with van der Waals surface area (Å²) in [5.41, 5.74) is 19.3. The maximum Gasteiger partial charge on any atom is 0.0970 e. The third kappa shape index (κ3) is 6.98. The van der Waals surface area contributed by atoms with Crippen molar-refractivity contribution in [1.82, 2.24) is 25.9 Å². The predicted molar refractivity (Wildman–Crippen MR) is 281 cm³/mol. The molecule has 2 unspecified atom stereocenters. The van der Waals surface area contributed by atoms with Gasteiger partial charge in [-0.2, -0.15) is 0 Å². The van der Waals surface area contributed by atoms with Crippen molar-refractivity contribution in [2.24, 2.45) is 0 Å². The highest BCUT2D eigenvalue weighted by molar-refractivity contribution is 6.08. The Bertz CT molecular complexity index is 3570. The van der Waals surface area contributed by atoms with E-state index in [0.717, 1.165) is 55.2 Å². The molecule has 0 radical (unpaired) electrons. The van der Waals surface area contributed by atoms with E-state index in [1.165, 1.54) is 50.1 Å². The molecule has 0 spiro atoms. The summed E-state index contributed by atoms with van der Waals surface area (Å²) >= 11 is 0. The van der Waals surface area contributed by atoms with Crippen LogP contribution in [0.3, 0.4) is 0 Å². The van der Waals surface area contributed by atoms with Crippen LogP contribution in [0.4, 0.5) is 0 Å². The molecule has 3 N–H and O–H groups in total. The van der Waals surface area contributed by atoms with Crippen molar-refractivity contribution < 1.29 is 0 Å². The zero-order chi connectivity index (χ0) is 45.7. The minimum absolute atomic E-state index is 0.109. The number of rotatable bonds is 8. The van der Waals surface area contributed by atoms with Crippen molar-refractivity contribution in [3.63, 3.8) is 0 Å². The first kappa shape index (κ1) is 40.9. The van der Waals surface area contributed by atoms with Gasteiger partial charge in [0.1, 0.15) is 0 Å². The van der Waals surface area contributed by atoms with Gasteiger partial charge in [0.05, 0.1) is 34.9 Å². The molecule has 2 aromatic heterocycles. The van der Waals surface area contributed by atoms with Crippen LogP contribution in [0.5, 0.6) is 0 Å². The van der Waals surface area contributed by atoms with E-state index in [-0.39, 0.29) is 18.5 Å². The number of fused-ring (bicyclic) bond motifs is 6. The smallest absolute Gasteiger partial charge is 0.0970 e. The van der Waals surface area contributed by atoms with E-state index in [2.05, 4.69) is 246 Å². The van der Waals surface area contributed by atoms with Crippen molar-refractivity contribution in [1.29, 1.82) is 0 Å². The molecule has 1 aliphatic carbocycles. The van der Waals surface area contributed by atoms with Gasteiger partial charge >= 0.3 is 0 Å². The summed E-state index contributed by atoms with van der Waals surface area (Å²) in [5, 5.41) is 14.0. The number of aromatic nitrogens is 2. The molecule has 1 saturated heterocycles. The first-order valence-electron chi connectivity index (χ1n) is 23.8. The number of benzene rings is 9. The average molecular weight is 886 g/mol. The molecule has 9 aromatic carbocycles. The summed E-state index contributed by atoms with van der Waals surface area (Å²) in [4.78, 5) is 9.52. The Balaban J connectivity index is 1.000. The van der Waals surface area contributed by atoms with Crippen molar-refractivity contribution in [3.05, 3.63) is 288 Å². The molecule has 1 fully saturated rings. The Kier molecular flexibility index (Phi) is 10.1. The number of nitrogens with one attached hydrogen (secondary N) is 3. The van der Waals surface area contributed by atoms with Crippen LogP contribution in [0.1, 0.15) is 57.4 Å². The number of hydrogen-bond acceptors (Lipinski definition) is 5. The molecule has 0 bridgehead atoms. The molecule has 69 heavy (non-hydrogen) atoms. The van der Waals surface area contributed by atoms with Crippen molar-refractivity contribution in [2.45, 2.75) is 23.9 Å². The van der Waals surface area contributed by atoms with Crippen LogP contribution in [0.15, 0.2) is 249 Å². The highest BCUT2D eigenvalue weighted by Gasteiger charge is 2.46. The van der Waals surface area contributed by atoms with Gasteiger partial charge < -0.3 is 0 Å². The predicted octanol–water partition coefficient (Wildman–Crippen LogP) is 14.3. The zero-order valence-corrected chi connectivity index (χ0v) is 37.8. The number of pyridine rings is 2. The largest absolute Gasteiger partial charge is 0.279 e. The van der Waals surface area contributed by atoms with Crippen molar-refractivity contribution in [3.8, 4) is 44.5 Å². The number of hydrogen-bond donors (Lipinski definition) is 3. The second kappa shape index (κ2) is 17.1. The van der Waals surface area contributed by atoms with Gasteiger partial charge in [0.15, 0.2) is 0 Å². The lowest BCUT2D eigenvalue weighted by molar-refractivity contribution is 0.203. The third-order valence-corrected chi connectivity index (χ3v) is 14.4. The van der Waals surface area contributed by atoms with Crippen LogP contribution in [0, 0.1) is 0 Å². The normalized spacial score (nSPS) is 17.1. The SMILES string of the molecule is c1ccc(C2NC(c3ccccc3)NC(c3cc(-c4ccc(-c5ccnc6c5ccc5cccnc56)cc4)cc(-c4cccc5c4-c4ccccc4C5(c4ccccc4)c4ccccc4)c3)N2)cc1. The molecular formula is C64H47N5. The fourth-order valence-corrected chi connectivity index (χ4v) is 11.2. The molecule has 5 heteroatoms. The lowest BCUT2D eigenvalue weighted by Gasteiger charge is -2.40. The van der Waals surface area contributed by atoms with Gasteiger partial charge in [-0.3, -0.25) is 25.9 Å². The second-order valence-electron chi connectivity index (χ2n) is 18.2. The molecule has 11 aromatic rings. The maximum atomic E-state index is 4.81. The highest BCUT2D eigenvalue weighted by Crippen LogP contribution is 2.58. The molecule has 328 valence electrons. The quantitative estimate of drug-likeness (QED) is 0.133. The summed E-state index contributed by atoms with van der Waals surface area (Å²) in [6, 6.07) is 86.2. The maximum absolute atomic E-state index is 4.81. The molecule has 0 amide bonds. The van der Waals surface area contributed by atoms with E-state index < -0.39 is 5.41 Å². The summed E-state index contributed by atoms with van der Waals surface area (Å²) < 4.78 is 0. The van der Waals surface area contributed by atoms with E-state index in [9.17, 15) is 0 Å². The lowest BCUT2D eigenvalue weighted by atomic mass is 9.67. The Morgan fingerprint density at radius 3 is 1.57 bits per heavy atom. The molecule has 0 saturated carbocycles. The molecule has 2 atom stereocenters. The van der Waals surface area contributed by atoms with Crippen molar-refractivity contribution in [2.75, 3.05) is 0 Å². The van der Waals surface area contributed by atoms with Crippen LogP contribution in [-0.2, 0) is 5.41 Å². The van der Waals surface area contributed by atoms with Gasteiger partial charge in [-0.25, -0.2) is 0 Å². The van der Waals surface area contributed by atoms with E-state index in [1.54, 1.807) is 0 Å². The van der Waals surface area contributed by atoms with Gasteiger partial charge in [-0.1, -0.05) is 206 Å². The van der Waals surface area contributed by atoms with E-state index in [4.69, 9.17) is 9.97 Å². The fraction of sp³-hybridized carbons (Fsp3) is 0.0625. The second-order valence-corrected chi connectivity index (χ2v) is 18.2. The first-order chi connectivity index (χ1) is 34.2. The minimum atomic E-state index is -0.510. The molecule has 3 heterocycles. The number of nitrogens with zero attached hydrogens (tertiary/aromatic N) is 2. The Morgan fingerprint density at radius 2 is 0.884 bits per heavy atom. The Hall–Kier alpha value is -8.32. The summed E-state index contributed by atoms with van der Waals surface area (Å²) in [6.07, 6.45) is 3.32. The van der Waals surface area contributed by atoms with Gasteiger partial charge in [-0.15, -0.1) is 0 Å². The standard InChI is InChI=1S/C64H47N5/c1-5-17-45(18-6-1)61-67-62(46-19-7-2-8-20-46)69-63(68-61)49-40-47(42-30-32-43(33-31-42)52-36-38-66-60-54(52)35-34-44-21-16-37-65-59(44)60)39-48(41-49)53-27-15-29-57-58(53)55-26-13-14-28-56(55)64(57,50-22-9-3-10-23-50)51-24-11-4-12-25-51/h1-41,61-63,67-69H. The van der Waals surface area contributed by atoms with Crippen LogP contribution >= 0.6 is 0 Å².